The van der Waals surface area contributed by atoms with Crippen LogP contribution >= 0.6 is 23.5 Å². The summed E-state index contributed by atoms with van der Waals surface area (Å²) in [5.41, 5.74) is -1.41. The van der Waals surface area contributed by atoms with Gasteiger partial charge in [0.25, 0.3) is 0 Å². The number of aliphatic hydroxyl groups excluding tert-OH is 1. The van der Waals surface area contributed by atoms with Crippen LogP contribution in [0.3, 0.4) is 0 Å². The highest BCUT2D eigenvalue weighted by molar-refractivity contribution is 8.01. The molecule has 0 unspecified atom stereocenters. The molecule has 0 saturated heterocycles. The molecule has 3 aromatic rings. The predicted molar refractivity (Wildman–Crippen MR) is 132 cm³/mol. The SMILES string of the molecule is COc1cccc(-c2nnc(NS[C@@H](C)[C@H](OC)c3ncc(Cl)cn3)n2C/C(O)=C/C(=N)C(F)(F)F)n1. The van der Waals surface area contributed by atoms with Crippen LogP contribution in [0.1, 0.15) is 18.9 Å². The molecule has 16 heteroatoms. The second-order valence-electron chi connectivity index (χ2n) is 7.39. The number of hydrogen-bond donors (Lipinski definition) is 3. The fraction of sp³-hybridized carbons (Fsp3) is 0.333. The lowest BCUT2D eigenvalue weighted by Crippen LogP contribution is -2.21. The number of halogens is 4. The Kier molecular flexibility index (Phi) is 9.29. The van der Waals surface area contributed by atoms with Crippen molar-refractivity contribution in [3.05, 3.63) is 53.3 Å². The van der Waals surface area contributed by atoms with Crippen molar-refractivity contribution in [1.29, 1.82) is 5.41 Å². The van der Waals surface area contributed by atoms with Crippen LogP contribution in [0.15, 0.2) is 42.4 Å². The lowest BCUT2D eigenvalue weighted by molar-refractivity contribution is -0.0585. The zero-order chi connectivity index (χ0) is 27.2. The van der Waals surface area contributed by atoms with Gasteiger partial charge < -0.3 is 14.6 Å². The summed E-state index contributed by atoms with van der Waals surface area (Å²) in [5, 5.41) is 25.6. The normalized spacial score (nSPS) is 13.8. The monoisotopic (exact) mass is 558 g/mol. The summed E-state index contributed by atoms with van der Waals surface area (Å²) in [7, 11) is 2.92. The van der Waals surface area contributed by atoms with Gasteiger partial charge in [0.2, 0.25) is 11.8 Å². The lowest BCUT2D eigenvalue weighted by Gasteiger charge is -2.21. The highest BCUT2D eigenvalue weighted by atomic mass is 35.5. The summed E-state index contributed by atoms with van der Waals surface area (Å²) < 4.78 is 53.3. The van der Waals surface area contributed by atoms with Gasteiger partial charge in [-0.2, -0.15) is 13.2 Å². The number of methoxy groups -OCH3 is 2. The standard InChI is InChI=1S/C21H22ClF3N8O3S/c1-11(17(36-3)18-27-8-12(22)9-28-18)37-32-20-31-30-19(14-5-4-6-16(29-14)35-2)33(20)10-13(34)7-15(26)21(23,24)25/h4-9,11,17,26,34H,10H2,1-3H3,(H,31,32)/b13-7-,26-15?/t11-,17-/m0/s1. The topological polar surface area (TPSA) is 144 Å². The van der Waals surface area contributed by atoms with E-state index in [0.29, 0.717) is 22.6 Å². The van der Waals surface area contributed by atoms with E-state index in [4.69, 9.17) is 26.5 Å². The molecule has 0 radical (unpaired) electrons. The van der Waals surface area contributed by atoms with Gasteiger partial charge in [-0.1, -0.05) is 17.7 Å². The lowest BCUT2D eigenvalue weighted by atomic mass is 10.2. The van der Waals surface area contributed by atoms with E-state index in [9.17, 15) is 18.3 Å². The first kappa shape index (κ1) is 28.1. The van der Waals surface area contributed by atoms with E-state index >= 15 is 0 Å². The van der Waals surface area contributed by atoms with E-state index in [1.807, 2.05) is 6.92 Å². The Labute approximate surface area is 218 Å². The van der Waals surface area contributed by atoms with Crippen molar-refractivity contribution >= 4 is 35.2 Å². The average molecular weight is 559 g/mol. The van der Waals surface area contributed by atoms with E-state index < -0.39 is 30.3 Å². The quantitative estimate of drug-likeness (QED) is 0.173. The molecular weight excluding hydrogens is 537 g/mol. The van der Waals surface area contributed by atoms with Crippen molar-refractivity contribution in [2.24, 2.45) is 0 Å². The van der Waals surface area contributed by atoms with Crippen molar-refractivity contribution in [2.45, 2.75) is 31.0 Å². The number of pyridine rings is 1. The highest BCUT2D eigenvalue weighted by Gasteiger charge is 2.33. The zero-order valence-electron chi connectivity index (χ0n) is 19.7. The van der Waals surface area contributed by atoms with E-state index in [1.165, 1.54) is 31.2 Å². The zero-order valence-corrected chi connectivity index (χ0v) is 21.3. The summed E-state index contributed by atoms with van der Waals surface area (Å²) in [6, 6.07) is 4.85. The first-order valence-corrected chi connectivity index (χ1v) is 11.7. The minimum absolute atomic E-state index is 0.0989. The Hall–Kier alpha value is -3.43. The van der Waals surface area contributed by atoms with Gasteiger partial charge in [-0.05, 0) is 24.9 Å². The van der Waals surface area contributed by atoms with Gasteiger partial charge in [0.1, 0.15) is 23.3 Å². The number of rotatable bonds is 11. The van der Waals surface area contributed by atoms with Crippen molar-refractivity contribution in [3.63, 3.8) is 0 Å². The molecule has 3 aromatic heterocycles. The molecule has 0 fully saturated rings. The summed E-state index contributed by atoms with van der Waals surface area (Å²) >= 11 is 7.01. The van der Waals surface area contributed by atoms with E-state index in [2.05, 4.69) is 29.9 Å². The van der Waals surface area contributed by atoms with Crippen LogP contribution < -0.4 is 9.46 Å². The molecule has 0 aliphatic carbocycles. The second kappa shape index (κ2) is 12.2. The molecule has 198 valence electrons. The Morgan fingerprint density at radius 2 is 1.97 bits per heavy atom. The average Bonchev–Trinajstić information content (AvgIpc) is 3.25. The molecule has 0 amide bonds. The van der Waals surface area contributed by atoms with Gasteiger partial charge in [0.05, 0.1) is 23.9 Å². The molecule has 11 nitrogen and oxygen atoms in total. The third kappa shape index (κ3) is 7.30. The largest absolute Gasteiger partial charge is 0.510 e. The molecule has 3 N–H and O–H groups in total. The molecule has 0 aromatic carbocycles. The van der Waals surface area contributed by atoms with Gasteiger partial charge >= 0.3 is 6.18 Å². The van der Waals surface area contributed by atoms with Crippen molar-refractivity contribution < 1.29 is 27.8 Å². The molecule has 0 saturated carbocycles. The number of alkyl halides is 3. The summed E-state index contributed by atoms with van der Waals surface area (Å²) in [4.78, 5) is 12.6. The van der Waals surface area contributed by atoms with Crippen LogP contribution in [0.4, 0.5) is 19.1 Å². The summed E-state index contributed by atoms with van der Waals surface area (Å²) in [6.07, 6.45) is -2.26. The molecule has 0 spiro atoms. The van der Waals surface area contributed by atoms with Gasteiger partial charge in [-0.3, -0.25) is 14.7 Å². The van der Waals surface area contributed by atoms with E-state index in [1.54, 1.807) is 18.2 Å². The molecule has 0 aliphatic rings. The number of nitrogens with zero attached hydrogens (tertiary/aromatic N) is 6. The molecule has 3 heterocycles. The Balaban J connectivity index is 1.89. The Morgan fingerprint density at radius 1 is 1.27 bits per heavy atom. The van der Waals surface area contributed by atoms with Crippen LogP contribution in [-0.2, 0) is 11.3 Å². The molecule has 2 atom stereocenters. The van der Waals surface area contributed by atoms with Crippen LogP contribution in [0.2, 0.25) is 5.02 Å². The maximum atomic E-state index is 12.8. The predicted octanol–water partition coefficient (Wildman–Crippen LogP) is 4.65. The third-order valence-corrected chi connectivity index (χ3v) is 5.87. The highest BCUT2D eigenvalue weighted by Crippen LogP contribution is 2.30. The minimum Gasteiger partial charge on any atom is -0.510 e. The number of hydrogen-bond acceptors (Lipinski definition) is 11. The molecule has 3 rings (SSSR count). The number of ether oxygens (including phenoxy) is 2. The van der Waals surface area contributed by atoms with Gasteiger partial charge in [0, 0.05) is 31.6 Å². The van der Waals surface area contributed by atoms with Crippen LogP contribution in [0.5, 0.6) is 5.88 Å². The van der Waals surface area contributed by atoms with Crippen molar-refractivity contribution in [3.8, 4) is 17.4 Å². The third-order valence-electron chi connectivity index (χ3n) is 4.76. The summed E-state index contributed by atoms with van der Waals surface area (Å²) in [6.45, 7) is 1.35. The summed E-state index contributed by atoms with van der Waals surface area (Å²) in [5.74, 6) is 0.160. The molecule has 0 bridgehead atoms. The number of anilines is 1. The van der Waals surface area contributed by atoms with Gasteiger partial charge in [-0.15, -0.1) is 10.2 Å². The first-order chi connectivity index (χ1) is 17.5. The van der Waals surface area contributed by atoms with E-state index in [0.717, 1.165) is 11.9 Å². The van der Waals surface area contributed by atoms with Crippen molar-refractivity contribution in [1.82, 2.24) is 29.7 Å². The number of nitrogens with one attached hydrogen (secondary N) is 2. The van der Waals surface area contributed by atoms with Crippen LogP contribution in [0.25, 0.3) is 11.5 Å². The number of allylic oxidation sites excluding steroid dienone is 2. The van der Waals surface area contributed by atoms with Crippen molar-refractivity contribution in [2.75, 3.05) is 18.9 Å². The molecular formula is C21H22ClF3N8O3S. The maximum Gasteiger partial charge on any atom is 0.432 e. The first-order valence-electron chi connectivity index (χ1n) is 10.4. The Morgan fingerprint density at radius 3 is 2.59 bits per heavy atom. The fourth-order valence-corrected chi connectivity index (χ4v) is 3.91. The number of aromatic nitrogens is 6. The minimum atomic E-state index is -4.91. The van der Waals surface area contributed by atoms with Crippen LogP contribution in [-0.4, -0.2) is 66.2 Å². The molecule has 0 aliphatic heterocycles. The maximum absolute atomic E-state index is 12.8. The van der Waals surface area contributed by atoms with Gasteiger partial charge in [-0.25, -0.2) is 15.0 Å². The van der Waals surface area contributed by atoms with Crippen LogP contribution in [0, 0.1) is 5.41 Å². The fourth-order valence-electron chi connectivity index (χ4n) is 3.01. The smallest absolute Gasteiger partial charge is 0.432 e. The molecule has 37 heavy (non-hydrogen) atoms. The number of aliphatic hydroxyl groups is 1. The second-order valence-corrected chi connectivity index (χ2v) is 9.01. The van der Waals surface area contributed by atoms with Gasteiger partial charge in [0.15, 0.2) is 11.6 Å². The van der Waals surface area contributed by atoms with E-state index in [-0.39, 0.29) is 22.9 Å². The Bertz CT molecular complexity index is 1260.